The average Bonchev–Trinajstić information content (AvgIpc) is 3.65. The van der Waals surface area contributed by atoms with Crippen LogP contribution in [0.2, 0.25) is 0 Å². The molecule has 0 atom stereocenters. The van der Waals surface area contributed by atoms with Crippen molar-refractivity contribution in [3.8, 4) is 39.5 Å². The van der Waals surface area contributed by atoms with E-state index in [2.05, 4.69) is 152 Å². The normalized spacial score (nSPS) is 12.7. The highest BCUT2D eigenvalue weighted by atomic mass is 16.3. The van der Waals surface area contributed by atoms with E-state index in [0.717, 1.165) is 61.2 Å². The van der Waals surface area contributed by atoms with Crippen LogP contribution in [0.4, 0.5) is 0 Å². The van der Waals surface area contributed by atoms with Crippen LogP contribution in [0.25, 0.3) is 77.5 Å². The summed E-state index contributed by atoms with van der Waals surface area (Å²) in [5.41, 5.74) is 14.6. The molecule has 0 unspecified atom stereocenters. The van der Waals surface area contributed by atoms with Crippen molar-refractivity contribution in [2.24, 2.45) is 0 Å². The number of aryl methyl sites for hydroxylation is 2. The first-order chi connectivity index (χ1) is 24.6. The van der Waals surface area contributed by atoms with Crippen molar-refractivity contribution in [2.45, 2.75) is 86.1 Å². The monoisotopic (exact) mass is 684 g/mol. The highest BCUT2D eigenvalue weighted by Crippen LogP contribution is 2.43. The molecule has 3 aromatic heterocycles. The standard InChI is InChI=1S/C47H48N4O/c1-26(2)51-40-15-11-14-33(39-25-34(29-20-27(3)19-28(4)21-29)32-13-12-16-41(52)44(32)49-39)43(40)50-45(51)37-24-31(47(8,9)10)23-36-35-22-30(46(5,6)7)17-18-38(35)48-42(36)37/h11-26,48,52H,1-10H3. The zero-order valence-electron chi connectivity index (χ0n) is 32.0. The fourth-order valence-electron chi connectivity index (χ4n) is 7.85. The number of fused-ring (bicyclic) bond motifs is 5. The number of aromatic hydroxyl groups is 1. The van der Waals surface area contributed by atoms with Crippen LogP contribution in [-0.2, 0) is 10.8 Å². The van der Waals surface area contributed by atoms with E-state index < -0.39 is 0 Å². The molecule has 5 aromatic carbocycles. The molecule has 8 aromatic rings. The summed E-state index contributed by atoms with van der Waals surface area (Å²) in [6.45, 7) is 22.4. The fourth-order valence-corrected chi connectivity index (χ4v) is 7.85. The number of rotatable bonds is 4. The Morgan fingerprint density at radius 1 is 0.635 bits per heavy atom. The summed E-state index contributed by atoms with van der Waals surface area (Å²) < 4.78 is 2.37. The number of nitrogens with one attached hydrogen (secondary N) is 1. The van der Waals surface area contributed by atoms with Crippen molar-refractivity contribution < 1.29 is 5.11 Å². The zero-order chi connectivity index (χ0) is 36.9. The molecule has 52 heavy (non-hydrogen) atoms. The first-order valence-electron chi connectivity index (χ1n) is 18.4. The molecular formula is C47H48N4O. The van der Waals surface area contributed by atoms with Crippen LogP contribution in [0.5, 0.6) is 5.75 Å². The van der Waals surface area contributed by atoms with Crippen molar-refractivity contribution in [3.63, 3.8) is 0 Å². The third-order valence-electron chi connectivity index (χ3n) is 10.5. The second kappa shape index (κ2) is 11.8. The van der Waals surface area contributed by atoms with E-state index in [0.29, 0.717) is 5.52 Å². The molecule has 8 rings (SSSR count). The van der Waals surface area contributed by atoms with Gasteiger partial charge in [0, 0.05) is 38.8 Å². The molecule has 2 N–H and O–H groups in total. The summed E-state index contributed by atoms with van der Waals surface area (Å²) in [6, 6.07) is 32.5. The highest BCUT2D eigenvalue weighted by molar-refractivity contribution is 6.12. The minimum atomic E-state index is -0.0738. The lowest BCUT2D eigenvalue weighted by Crippen LogP contribution is -2.12. The van der Waals surface area contributed by atoms with Gasteiger partial charge in [-0.15, -0.1) is 0 Å². The van der Waals surface area contributed by atoms with Crippen LogP contribution >= 0.6 is 0 Å². The SMILES string of the molecule is Cc1cc(C)cc(-c2cc(-c3cccc4c3nc(-c3cc(C(C)(C)C)cc5c3[nH]c3ccc(C(C)(C)C)cc35)n4C(C)C)nc3c(O)cccc23)c1. The number of nitrogens with zero attached hydrogens (tertiary/aromatic N) is 3. The molecule has 0 aliphatic rings. The molecule has 3 heterocycles. The van der Waals surface area contributed by atoms with Crippen LogP contribution in [0.15, 0.2) is 91.0 Å². The number of imidazole rings is 1. The molecule has 5 nitrogen and oxygen atoms in total. The van der Waals surface area contributed by atoms with Gasteiger partial charge in [0.15, 0.2) is 0 Å². The van der Waals surface area contributed by atoms with Gasteiger partial charge in [-0.05, 0) is 103 Å². The number of para-hydroxylation sites is 2. The van der Waals surface area contributed by atoms with Crippen molar-refractivity contribution >= 4 is 43.7 Å². The minimum Gasteiger partial charge on any atom is -0.506 e. The lowest BCUT2D eigenvalue weighted by Gasteiger charge is -2.22. The highest BCUT2D eigenvalue weighted by Gasteiger charge is 2.26. The lowest BCUT2D eigenvalue weighted by atomic mass is 9.84. The maximum Gasteiger partial charge on any atom is 0.143 e. The van der Waals surface area contributed by atoms with Crippen molar-refractivity contribution in [2.75, 3.05) is 0 Å². The second-order valence-electron chi connectivity index (χ2n) is 17.0. The molecule has 0 fully saturated rings. The molecule has 0 amide bonds. The summed E-state index contributed by atoms with van der Waals surface area (Å²) in [4.78, 5) is 14.5. The van der Waals surface area contributed by atoms with Crippen molar-refractivity contribution in [1.29, 1.82) is 0 Å². The molecular weight excluding hydrogens is 637 g/mol. The van der Waals surface area contributed by atoms with Gasteiger partial charge in [-0.1, -0.05) is 101 Å². The minimum absolute atomic E-state index is 0.0376. The summed E-state index contributed by atoms with van der Waals surface area (Å²) in [6.07, 6.45) is 0. The number of aromatic amines is 1. The summed E-state index contributed by atoms with van der Waals surface area (Å²) in [5, 5.41) is 14.5. The van der Waals surface area contributed by atoms with E-state index in [1.54, 1.807) is 6.07 Å². The van der Waals surface area contributed by atoms with E-state index >= 15 is 0 Å². The number of benzene rings is 5. The van der Waals surface area contributed by atoms with Crippen LogP contribution in [0.1, 0.15) is 83.7 Å². The molecule has 0 aliphatic carbocycles. The Balaban J connectivity index is 1.43. The first kappa shape index (κ1) is 33.7. The Bertz CT molecular complexity index is 2690. The lowest BCUT2D eigenvalue weighted by molar-refractivity contribution is 0.480. The molecule has 0 radical (unpaired) electrons. The molecule has 0 aliphatic heterocycles. The quantitative estimate of drug-likeness (QED) is 0.194. The van der Waals surface area contributed by atoms with Gasteiger partial charge in [0.1, 0.15) is 17.1 Å². The Kier molecular flexibility index (Phi) is 7.66. The van der Waals surface area contributed by atoms with Gasteiger partial charge in [-0.3, -0.25) is 0 Å². The van der Waals surface area contributed by atoms with Crippen LogP contribution in [0.3, 0.4) is 0 Å². The predicted molar refractivity (Wildman–Crippen MR) is 220 cm³/mol. The molecule has 0 bridgehead atoms. The van der Waals surface area contributed by atoms with Crippen molar-refractivity contribution in [3.05, 3.63) is 113 Å². The number of hydrogen-bond acceptors (Lipinski definition) is 3. The van der Waals surface area contributed by atoms with E-state index in [1.165, 1.54) is 33.0 Å². The van der Waals surface area contributed by atoms with Crippen molar-refractivity contribution in [1.82, 2.24) is 19.5 Å². The van der Waals surface area contributed by atoms with Crippen LogP contribution in [0, 0.1) is 13.8 Å². The summed E-state index contributed by atoms with van der Waals surface area (Å²) in [7, 11) is 0. The Labute approximate surface area is 306 Å². The third kappa shape index (κ3) is 5.54. The predicted octanol–water partition coefficient (Wildman–Crippen LogP) is 12.7. The Morgan fingerprint density at radius 3 is 2.02 bits per heavy atom. The van der Waals surface area contributed by atoms with Crippen LogP contribution < -0.4 is 0 Å². The first-order valence-corrected chi connectivity index (χ1v) is 18.4. The third-order valence-corrected chi connectivity index (χ3v) is 10.5. The van der Waals surface area contributed by atoms with Gasteiger partial charge in [0.05, 0.1) is 22.2 Å². The van der Waals surface area contributed by atoms with E-state index in [-0.39, 0.29) is 22.6 Å². The number of phenolic OH excluding ortho intramolecular Hbond substituents is 1. The number of aromatic nitrogens is 4. The molecule has 0 saturated heterocycles. The topological polar surface area (TPSA) is 66.7 Å². The van der Waals surface area contributed by atoms with Gasteiger partial charge in [-0.25, -0.2) is 9.97 Å². The van der Waals surface area contributed by atoms with E-state index in [1.807, 2.05) is 12.1 Å². The smallest absolute Gasteiger partial charge is 0.143 e. The second-order valence-corrected chi connectivity index (χ2v) is 17.0. The molecule has 0 saturated carbocycles. The molecule has 262 valence electrons. The average molecular weight is 685 g/mol. The number of pyridine rings is 1. The van der Waals surface area contributed by atoms with Gasteiger partial charge in [0.2, 0.25) is 0 Å². The summed E-state index contributed by atoms with van der Waals surface area (Å²) >= 11 is 0. The maximum atomic E-state index is 11.1. The van der Waals surface area contributed by atoms with Gasteiger partial charge < -0.3 is 14.7 Å². The number of hydrogen-bond donors (Lipinski definition) is 2. The Hall–Kier alpha value is -5.42. The Morgan fingerprint density at radius 2 is 1.33 bits per heavy atom. The zero-order valence-corrected chi connectivity index (χ0v) is 32.0. The van der Waals surface area contributed by atoms with Gasteiger partial charge >= 0.3 is 0 Å². The van der Waals surface area contributed by atoms with Gasteiger partial charge in [0.25, 0.3) is 0 Å². The molecule has 5 heteroatoms. The fraction of sp³-hybridized carbons (Fsp3) is 0.277. The largest absolute Gasteiger partial charge is 0.506 e. The van der Waals surface area contributed by atoms with Crippen LogP contribution in [-0.4, -0.2) is 24.6 Å². The maximum absolute atomic E-state index is 11.1. The van der Waals surface area contributed by atoms with E-state index in [9.17, 15) is 5.11 Å². The summed E-state index contributed by atoms with van der Waals surface area (Å²) in [5.74, 6) is 1.09. The molecule has 0 spiro atoms. The van der Waals surface area contributed by atoms with E-state index in [4.69, 9.17) is 9.97 Å². The number of H-pyrrole nitrogens is 1. The number of phenols is 1. The van der Waals surface area contributed by atoms with Gasteiger partial charge in [-0.2, -0.15) is 0 Å².